The van der Waals surface area contributed by atoms with E-state index in [0.29, 0.717) is 3.57 Å². The predicted molar refractivity (Wildman–Crippen MR) is 75.8 cm³/mol. The number of alkyl halides is 6. The molecule has 24 heavy (non-hydrogen) atoms. The number of ether oxygens (including phenoxy) is 1. The number of esters is 1. The molecule has 0 radical (unpaired) electrons. The van der Waals surface area contributed by atoms with E-state index in [-0.39, 0.29) is 0 Å². The molecule has 1 aromatic rings. The van der Waals surface area contributed by atoms with E-state index in [9.17, 15) is 39.6 Å². The quantitative estimate of drug-likeness (QED) is 0.303. The van der Waals surface area contributed by atoms with Gasteiger partial charge in [0.15, 0.2) is 0 Å². The molecular weight excluding hydrogens is 485 g/mol. The third-order valence-electron chi connectivity index (χ3n) is 2.63. The van der Waals surface area contributed by atoms with Crippen LogP contribution in [0.1, 0.15) is 10.4 Å². The number of hydrogen-bond donors (Lipinski definition) is 1. The highest BCUT2D eigenvalue weighted by atomic mass is 127. The SMILES string of the molecule is O=C(OC(CS(=O)(=O)O)(C(F)(F)F)C(F)(F)F)c1cccc(I)c1. The molecule has 0 aromatic heterocycles. The molecule has 0 heterocycles. The second-order valence-electron chi connectivity index (χ2n) is 4.45. The zero-order valence-electron chi connectivity index (χ0n) is 11.2. The summed E-state index contributed by atoms with van der Waals surface area (Å²) in [4.78, 5) is 11.7. The van der Waals surface area contributed by atoms with Gasteiger partial charge < -0.3 is 4.74 Å². The lowest BCUT2D eigenvalue weighted by molar-refractivity contribution is -0.356. The standard InChI is InChI=1S/C11H7F6IO5S/c12-10(13,14)9(11(15,16)17,5-24(20,21)22)23-8(19)6-2-1-3-7(18)4-6/h1-4H,5H2,(H,20,21,22). The van der Waals surface area contributed by atoms with Crippen molar-refractivity contribution in [1.29, 1.82) is 0 Å². The van der Waals surface area contributed by atoms with Gasteiger partial charge in [-0.1, -0.05) is 6.07 Å². The van der Waals surface area contributed by atoms with Crippen molar-refractivity contribution >= 4 is 38.7 Å². The molecule has 0 aliphatic carbocycles. The lowest BCUT2D eigenvalue weighted by Crippen LogP contribution is -2.63. The largest absolute Gasteiger partial charge is 0.438 e. The Morgan fingerprint density at radius 3 is 2.00 bits per heavy atom. The van der Waals surface area contributed by atoms with Gasteiger partial charge in [0.1, 0.15) is 5.75 Å². The van der Waals surface area contributed by atoms with E-state index in [1.807, 2.05) is 0 Å². The van der Waals surface area contributed by atoms with Crippen LogP contribution in [0.15, 0.2) is 24.3 Å². The van der Waals surface area contributed by atoms with Gasteiger partial charge in [0.05, 0.1) is 5.56 Å². The molecule has 0 saturated carbocycles. The number of carbonyl (C=O) groups is 1. The Morgan fingerprint density at radius 1 is 1.12 bits per heavy atom. The van der Waals surface area contributed by atoms with Gasteiger partial charge >= 0.3 is 23.9 Å². The van der Waals surface area contributed by atoms with Crippen molar-refractivity contribution in [2.24, 2.45) is 0 Å². The van der Waals surface area contributed by atoms with E-state index < -0.39 is 45.4 Å². The van der Waals surface area contributed by atoms with Crippen LogP contribution in [-0.4, -0.2) is 42.6 Å². The first-order valence-electron chi connectivity index (χ1n) is 5.66. The van der Waals surface area contributed by atoms with Gasteiger partial charge in [0.2, 0.25) is 0 Å². The van der Waals surface area contributed by atoms with Crippen molar-refractivity contribution in [3.05, 3.63) is 33.4 Å². The number of carbonyl (C=O) groups excluding carboxylic acids is 1. The van der Waals surface area contributed by atoms with Gasteiger partial charge in [-0.2, -0.15) is 34.8 Å². The lowest BCUT2D eigenvalue weighted by atomic mass is 10.1. The summed E-state index contributed by atoms with van der Waals surface area (Å²) in [6, 6.07) is 4.39. The summed E-state index contributed by atoms with van der Waals surface area (Å²) < 4.78 is 112. The van der Waals surface area contributed by atoms with Gasteiger partial charge in [-0.15, -0.1) is 0 Å². The van der Waals surface area contributed by atoms with Crippen molar-refractivity contribution < 1.29 is 48.8 Å². The third kappa shape index (κ3) is 4.72. The Hall–Kier alpha value is -1.09. The van der Waals surface area contributed by atoms with Crippen LogP contribution in [-0.2, 0) is 14.9 Å². The Balaban J connectivity index is 3.45. The number of halogens is 7. The Kier molecular flexibility index (Phi) is 5.82. The molecule has 1 N–H and O–H groups in total. The normalized spacial score (nSPS) is 13.7. The molecule has 0 aliphatic rings. The summed E-state index contributed by atoms with van der Waals surface area (Å²) in [5.74, 6) is -4.96. The van der Waals surface area contributed by atoms with E-state index >= 15 is 0 Å². The molecule has 0 spiro atoms. The number of rotatable bonds is 4. The highest BCUT2D eigenvalue weighted by Crippen LogP contribution is 2.47. The van der Waals surface area contributed by atoms with Crippen molar-refractivity contribution in [1.82, 2.24) is 0 Å². The first-order valence-corrected chi connectivity index (χ1v) is 8.35. The summed E-state index contributed by atoms with van der Waals surface area (Å²) in [6.45, 7) is 0. The van der Waals surface area contributed by atoms with Gasteiger partial charge in [-0.25, -0.2) is 4.79 Å². The van der Waals surface area contributed by atoms with Gasteiger partial charge in [0.25, 0.3) is 10.1 Å². The van der Waals surface area contributed by atoms with E-state index in [2.05, 4.69) is 4.74 Å². The van der Waals surface area contributed by atoms with E-state index in [1.54, 1.807) is 22.6 Å². The summed E-state index contributed by atoms with van der Waals surface area (Å²) in [6.07, 6.45) is -12.7. The molecule has 13 heteroatoms. The monoisotopic (exact) mass is 492 g/mol. The maximum atomic E-state index is 13.0. The van der Waals surface area contributed by atoms with Crippen LogP contribution in [0.2, 0.25) is 0 Å². The summed E-state index contributed by atoms with van der Waals surface area (Å²) in [5, 5.41) is 0. The Morgan fingerprint density at radius 2 is 1.62 bits per heavy atom. The molecule has 0 unspecified atom stereocenters. The highest BCUT2D eigenvalue weighted by molar-refractivity contribution is 14.1. The van der Waals surface area contributed by atoms with Crippen LogP contribution in [0.3, 0.4) is 0 Å². The van der Waals surface area contributed by atoms with Gasteiger partial charge in [-0.3, -0.25) is 4.55 Å². The van der Waals surface area contributed by atoms with Gasteiger partial charge in [0, 0.05) is 3.57 Å². The minimum absolute atomic E-state index is 0.307. The second-order valence-corrected chi connectivity index (χ2v) is 7.15. The minimum Gasteiger partial charge on any atom is -0.435 e. The van der Waals surface area contributed by atoms with Crippen LogP contribution in [0.5, 0.6) is 0 Å². The number of benzene rings is 1. The summed E-state index contributed by atoms with van der Waals surface area (Å²) >= 11 is 1.64. The molecule has 0 amide bonds. The van der Waals surface area contributed by atoms with Crippen LogP contribution in [0, 0.1) is 3.57 Å². The molecule has 0 aliphatic heterocycles. The fourth-order valence-corrected chi connectivity index (χ4v) is 3.00. The first-order chi connectivity index (χ1) is 10.6. The zero-order chi connectivity index (χ0) is 19.0. The topological polar surface area (TPSA) is 80.7 Å². The minimum atomic E-state index is -6.35. The molecule has 0 saturated heterocycles. The second kappa shape index (κ2) is 6.67. The fourth-order valence-electron chi connectivity index (χ4n) is 1.56. The lowest BCUT2D eigenvalue weighted by Gasteiger charge is -2.35. The average molecular weight is 492 g/mol. The fraction of sp³-hybridized carbons (Fsp3) is 0.364. The van der Waals surface area contributed by atoms with Gasteiger partial charge in [-0.05, 0) is 40.8 Å². The third-order valence-corrected chi connectivity index (χ3v) is 4.07. The van der Waals surface area contributed by atoms with Crippen molar-refractivity contribution in [2.45, 2.75) is 18.0 Å². The summed E-state index contributed by atoms with van der Waals surface area (Å²) in [7, 11) is -5.80. The highest BCUT2D eigenvalue weighted by Gasteiger charge is 2.76. The van der Waals surface area contributed by atoms with Crippen LogP contribution >= 0.6 is 22.6 Å². The van der Waals surface area contributed by atoms with E-state index in [1.165, 1.54) is 12.1 Å². The first kappa shape index (κ1) is 21.0. The molecule has 136 valence electrons. The van der Waals surface area contributed by atoms with E-state index in [0.717, 1.165) is 12.1 Å². The molecule has 1 aromatic carbocycles. The molecule has 1 rings (SSSR count). The average Bonchev–Trinajstić information content (AvgIpc) is 2.33. The Bertz CT molecular complexity index is 713. The predicted octanol–water partition coefficient (Wildman–Crippen LogP) is 3.20. The van der Waals surface area contributed by atoms with Crippen molar-refractivity contribution in [2.75, 3.05) is 5.75 Å². The zero-order valence-corrected chi connectivity index (χ0v) is 14.1. The summed E-state index contributed by atoms with van der Waals surface area (Å²) in [5.41, 5.74) is -6.07. The van der Waals surface area contributed by atoms with Crippen LogP contribution < -0.4 is 0 Å². The smallest absolute Gasteiger partial charge is 0.435 e. The van der Waals surface area contributed by atoms with Crippen molar-refractivity contribution in [3.8, 4) is 0 Å². The number of hydrogen-bond acceptors (Lipinski definition) is 4. The Labute approximate surface area is 144 Å². The van der Waals surface area contributed by atoms with E-state index in [4.69, 9.17) is 4.55 Å². The molecule has 0 atom stereocenters. The maximum absolute atomic E-state index is 13.0. The van der Waals surface area contributed by atoms with Crippen LogP contribution in [0.25, 0.3) is 0 Å². The molecule has 5 nitrogen and oxygen atoms in total. The maximum Gasteiger partial charge on any atom is 0.438 e. The molecule has 0 fully saturated rings. The molecule has 0 bridgehead atoms. The van der Waals surface area contributed by atoms with Crippen molar-refractivity contribution in [3.63, 3.8) is 0 Å². The molecular formula is C11H7F6IO5S. The van der Waals surface area contributed by atoms with Crippen LogP contribution in [0.4, 0.5) is 26.3 Å².